The topological polar surface area (TPSA) is 42.0 Å². The van der Waals surface area contributed by atoms with Gasteiger partial charge < -0.3 is 14.4 Å². The van der Waals surface area contributed by atoms with Gasteiger partial charge in [-0.25, -0.2) is 0 Å². The van der Waals surface area contributed by atoms with Gasteiger partial charge >= 0.3 is 0 Å². The molecule has 5 nitrogen and oxygen atoms in total. The van der Waals surface area contributed by atoms with Gasteiger partial charge in [0.05, 0.1) is 18.8 Å². The molecule has 2 saturated heterocycles. The first kappa shape index (κ1) is 16.9. The van der Waals surface area contributed by atoms with Crippen molar-refractivity contribution in [2.24, 2.45) is 5.92 Å². The molecule has 3 aliphatic heterocycles. The Labute approximate surface area is 149 Å². The summed E-state index contributed by atoms with van der Waals surface area (Å²) in [6.07, 6.45) is 0.127. The second-order valence-corrected chi connectivity index (χ2v) is 7.74. The fraction of sp³-hybridized carbons (Fsp3) is 0.650. The Kier molecular flexibility index (Phi) is 4.46. The summed E-state index contributed by atoms with van der Waals surface area (Å²) < 4.78 is 11.5. The van der Waals surface area contributed by atoms with Gasteiger partial charge in [0, 0.05) is 43.7 Å². The number of carbonyl (C=O) groups is 1. The second-order valence-electron chi connectivity index (χ2n) is 7.74. The van der Waals surface area contributed by atoms with Crippen LogP contribution in [0.3, 0.4) is 0 Å². The summed E-state index contributed by atoms with van der Waals surface area (Å²) in [5, 5.41) is 0. The van der Waals surface area contributed by atoms with E-state index in [1.165, 1.54) is 0 Å². The molecule has 4 rings (SSSR count). The highest BCUT2D eigenvalue weighted by Crippen LogP contribution is 2.41. The Morgan fingerprint density at radius 3 is 2.64 bits per heavy atom. The molecule has 0 aliphatic carbocycles. The maximum atomic E-state index is 13.2. The van der Waals surface area contributed by atoms with Crippen LogP contribution in [0.1, 0.15) is 42.6 Å². The summed E-state index contributed by atoms with van der Waals surface area (Å²) in [5.74, 6) is 1.73. The third-order valence-corrected chi connectivity index (χ3v) is 6.15. The smallest absolute Gasteiger partial charge is 0.257 e. The lowest BCUT2D eigenvalue weighted by Gasteiger charge is -2.34. The number of para-hydroxylation sites is 1. The number of hydrogen-bond donors (Lipinski definition) is 0. The normalized spacial score (nSPS) is 32.5. The average molecular weight is 344 g/mol. The van der Waals surface area contributed by atoms with E-state index in [4.69, 9.17) is 9.47 Å². The van der Waals surface area contributed by atoms with E-state index in [0.29, 0.717) is 17.9 Å². The van der Waals surface area contributed by atoms with Gasteiger partial charge in [0.25, 0.3) is 5.91 Å². The van der Waals surface area contributed by atoms with E-state index in [0.717, 1.165) is 56.3 Å². The van der Waals surface area contributed by atoms with Gasteiger partial charge in [0.2, 0.25) is 0 Å². The summed E-state index contributed by atoms with van der Waals surface area (Å²) in [6.45, 7) is 11.6. The molecular weight excluding hydrogens is 316 g/mol. The van der Waals surface area contributed by atoms with Gasteiger partial charge in [-0.1, -0.05) is 26.0 Å². The summed E-state index contributed by atoms with van der Waals surface area (Å²) in [6, 6.07) is 6.42. The van der Waals surface area contributed by atoms with Crippen molar-refractivity contribution in [2.75, 3.05) is 39.4 Å². The van der Waals surface area contributed by atoms with Crippen LogP contribution < -0.4 is 4.74 Å². The number of fused-ring (bicyclic) bond motifs is 1. The van der Waals surface area contributed by atoms with Gasteiger partial charge in [0.15, 0.2) is 0 Å². The summed E-state index contributed by atoms with van der Waals surface area (Å²) in [5.41, 5.74) is 1.89. The number of benzene rings is 1. The summed E-state index contributed by atoms with van der Waals surface area (Å²) in [7, 11) is 0. The molecule has 0 spiro atoms. The molecule has 0 N–H and O–H groups in total. The van der Waals surface area contributed by atoms with Gasteiger partial charge in [-0.2, -0.15) is 0 Å². The Hall–Kier alpha value is -1.59. The quantitative estimate of drug-likeness (QED) is 0.826. The Balaban J connectivity index is 1.53. The van der Waals surface area contributed by atoms with Crippen LogP contribution in [0.25, 0.3) is 0 Å². The molecule has 1 aromatic carbocycles. The highest BCUT2D eigenvalue weighted by Gasteiger charge is 2.39. The van der Waals surface area contributed by atoms with Gasteiger partial charge in [-0.15, -0.1) is 0 Å². The van der Waals surface area contributed by atoms with Crippen molar-refractivity contribution < 1.29 is 14.3 Å². The largest absolute Gasteiger partial charge is 0.489 e. The van der Waals surface area contributed by atoms with Crippen molar-refractivity contribution in [3.05, 3.63) is 29.3 Å². The number of hydrogen-bond acceptors (Lipinski definition) is 4. The lowest BCUT2D eigenvalue weighted by Crippen LogP contribution is -2.47. The van der Waals surface area contributed by atoms with Crippen molar-refractivity contribution in [1.82, 2.24) is 9.80 Å². The van der Waals surface area contributed by atoms with Crippen molar-refractivity contribution in [3.8, 4) is 5.75 Å². The fourth-order valence-electron chi connectivity index (χ4n) is 4.42. The predicted molar refractivity (Wildman–Crippen MR) is 96.2 cm³/mol. The van der Waals surface area contributed by atoms with Gasteiger partial charge in [-0.05, 0) is 18.9 Å². The van der Waals surface area contributed by atoms with Crippen LogP contribution in [-0.2, 0) is 4.74 Å². The molecule has 0 saturated carbocycles. The molecule has 5 heteroatoms. The zero-order valence-electron chi connectivity index (χ0n) is 15.4. The van der Waals surface area contributed by atoms with Crippen LogP contribution in [0.4, 0.5) is 0 Å². The van der Waals surface area contributed by atoms with Crippen molar-refractivity contribution in [2.45, 2.75) is 38.8 Å². The highest BCUT2D eigenvalue weighted by atomic mass is 16.5. The number of nitrogens with zero attached hydrogens (tertiary/aromatic N) is 2. The predicted octanol–water partition coefficient (Wildman–Crippen LogP) is 2.36. The lowest BCUT2D eigenvalue weighted by atomic mass is 9.96. The number of likely N-dealkylation sites (tertiary alicyclic amines) is 1. The molecule has 4 unspecified atom stereocenters. The molecule has 0 radical (unpaired) electrons. The molecular formula is C20H28N2O3. The standard InChI is InChI=1S/C20H28N2O3/c1-13-11-22(12-18(13)21-7-9-24-10-8-21)20(23)17-6-4-5-16-14(2)15(3)25-19(16)17/h4-6,13-15,18H,7-12H2,1-3H3. The van der Waals surface area contributed by atoms with Crippen LogP contribution in [0, 0.1) is 5.92 Å². The van der Waals surface area contributed by atoms with E-state index >= 15 is 0 Å². The molecule has 2 fully saturated rings. The van der Waals surface area contributed by atoms with Crippen LogP contribution in [0.2, 0.25) is 0 Å². The van der Waals surface area contributed by atoms with Crippen LogP contribution >= 0.6 is 0 Å². The average Bonchev–Trinajstić information content (AvgIpc) is 3.16. The second kappa shape index (κ2) is 6.61. The molecule has 4 atom stereocenters. The SMILES string of the molecule is CC1CN(C(=O)c2cccc3c2OC(C)C3C)CC1N1CCOCC1. The van der Waals surface area contributed by atoms with Crippen molar-refractivity contribution in [1.29, 1.82) is 0 Å². The minimum Gasteiger partial charge on any atom is -0.489 e. The number of rotatable bonds is 2. The Morgan fingerprint density at radius 2 is 1.88 bits per heavy atom. The van der Waals surface area contributed by atoms with E-state index in [-0.39, 0.29) is 12.0 Å². The monoisotopic (exact) mass is 344 g/mol. The van der Waals surface area contributed by atoms with Gasteiger partial charge in [-0.3, -0.25) is 9.69 Å². The van der Waals surface area contributed by atoms with E-state index in [1.807, 2.05) is 17.0 Å². The number of amides is 1. The van der Waals surface area contributed by atoms with E-state index in [1.54, 1.807) is 0 Å². The minimum absolute atomic E-state index is 0.112. The van der Waals surface area contributed by atoms with Crippen LogP contribution in [0.15, 0.2) is 18.2 Å². The van der Waals surface area contributed by atoms with Crippen LogP contribution in [0.5, 0.6) is 5.75 Å². The third-order valence-electron chi connectivity index (χ3n) is 6.15. The molecule has 25 heavy (non-hydrogen) atoms. The highest BCUT2D eigenvalue weighted by molar-refractivity contribution is 5.98. The van der Waals surface area contributed by atoms with Crippen molar-refractivity contribution >= 4 is 5.91 Å². The minimum atomic E-state index is 0.112. The Morgan fingerprint density at radius 1 is 1.12 bits per heavy atom. The van der Waals surface area contributed by atoms with E-state index in [2.05, 4.69) is 31.7 Å². The number of morpholine rings is 1. The Bertz CT molecular complexity index is 656. The summed E-state index contributed by atoms with van der Waals surface area (Å²) in [4.78, 5) is 17.7. The first-order valence-corrected chi connectivity index (χ1v) is 9.47. The van der Waals surface area contributed by atoms with Crippen LogP contribution in [-0.4, -0.2) is 67.2 Å². The molecule has 0 aromatic heterocycles. The lowest BCUT2D eigenvalue weighted by molar-refractivity contribution is 0.0119. The number of carbonyl (C=O) groups excluding carboxylic acids is 1. The summed E-state index contributed by atoms with van der Waals surface area (Å²) >= 11 is 0. The molecule has 136 valence electrons. The first-order valence-electron chi connectivity index (χ1n) is 9.47. The molecule has 3 aliphatic rings. The fourth-order valence-corrected chi connectivity index (χ4v) is 4.42. The molecule has 3 heterocycles. The van der Waals surface area contributed by atoms with Gasteiger partial charge in [0.1, 0.15) is 11.9 Å². The first-order chi connectivity index (χ1) is 12.1. The zero-order valence-corrected chi connectivity index (χ0v) is 15.4. The van der Waals surface area contributed by atoms with E-state index in [9.17, 15) is 4.79 Å². The van der Waals surface area contributed by atoms with Crippen molar-refractivity contribution in [3.63, 3.8) is 0 Å². The molecule has 1 aromatic rings. The maximum Gasteiger partial charge on any atom is 0.257 e. The third kappa shape index (κ3) is 2.93. The zero-order chi connectivity index (χ0) is 17.6. The maximum absolute atomic E-state index is 13.2. The number of ether oxygens (including phenoxy) is 2. The van der Waals surface area contributed by atoms with E-state index < -0.39 is 0 Å². The molecule has 0 bridgehead atoms. The molecule has 1 amide bonds.